The smallest absolute Gasteiger partial charge is 0.255 e. The highest BCUT2D eigenvalue weighted by molar-refractivity contribution is 5.96. The standard InChI is InChI=1S/C25H28N2O5/c1-3-12-30-21-7-5-4-6-20(21)24(28)26-14-19-16-32-25(27-19)18-10-11-22(29-2)23(13-18)31-15-17-8-9-17/h4-7,10-11,13,16-17H,3,8-9,12,14-15H2,1-2H3,(H,26,28). The van der Waals surface area contributed by atoms with E-state index in [0.717, 1.165) is 12.0 Å². The molecule has 1 heterocycles. The van der Waals surface area contributed by atoms with Gasteiger partial charge in [0.25, 0.3) is 5.91 Å². The van der Waals surface area contributed by atoms with Gasteiger partial charge >= 0.3 is 0 Å². The van der Waals surface area contributed by atoms with Crippen LogP contribution in [-0.2, 0) is 6.54 Å². The van der Waals surface area contributed by atoms with E-state index in [1.807, 2.05) is 37.3 Å². The van der Waals surface area contributed by atoms with E-state index >= 15 is 0 Å². The summed E-state index contributed by atoms with van der Waals surface area (Å²) < 4.78 is 22.6. The van der Waals surface area contributed by atoms with Crippen LogP contribution in [-0.4, -0.2) is 31.2 Å². The SMILES string of the molecule is CCCOc1ccccc1C(=O)NCc1coc(-c2ccc(OC)c(OCC3CC3)c2)n1. The molecule has 0 atom stereocenters. The lowest BCUT2D eigenvalue weighted by atomic mass is 10.2. The maximum absolute atomic E-state index is 12.6. The van der Waals surface area contributed by atoms with Crippen molar-refractivity contribution in [1.29, 1.82) is 0 Å². The predicted octanol–water partition coefficient (Wildman–Crippen LogP) is 4.86. The fraction of sp³-hybridized carbons (Fsp3) is 0.360. The van der Waals surface area contributed by atoms with Gasteiger partial charge in [-0.25, -0.2) is 4.98 Å². The first kappa shape index (κ1) is 21.7. The van der Waals surface area contributed by atoms with Gasteiger partial charge in [-0.3, -0.25) is 4.79 Å². The number of hydrogen-bond donors (Lipinski definition) is 1. The number of amides is 1. The van der Waals surface area contributed by atoms with Gasteiger partial charge in [0, 0.05) is 5.56 Å². The van der Waals surface area contributed by atoms with E-state index in [-0.39, 0.29) is 12.5 Å². The molecule has 3 aromatic rings. The van der Waals surface area contributed by atoms with Gasteiger partial charge in [0.15, 0.2) is 11.5 Å². The minimum Gasteiger partial charge on any atom is -0.493 e. The van der Waals surface area contributed by atoms with Gasteiger partial charge in [-0.15, -0.1) is 0 Å². The molecule has 2 aromatic carbocycles. The highest BCUT2D eigenvalue weighted by Crippen LogP contribution is 2.35. The molecule has 1 aromatic heterocycles. The van der Waals surface area contributed by atoms with Crippen molar-refractivity contribution in [3.63, 3.8) is 0 Å². The summed E-state index contributed by atoms with van der Waals surface area (Å²) >= 11 is 0. The average molecular weight is 437 g/mol. The van der Waals surface area contributed by atoms with Crippen molar-refractivity contribution >= 4 is 5.91 Å². The van der Waals surface area contributed by atoms with E-state index < -0.39 is 0 Å². The molecular formula is C25H28N2O5. The van der Waals surface area contributed by atoms with Crippen LogP contribution in [0.2, 0.25) is 0 Å². The molecule has 0 saturated heterocycles. The highest BCUT2D eigenvalue weighted by Gasteiger charge is 2.23. The van der Waals surface area contributed by atoms with Crippen molar-refractivity contribution in [2.24, 2.45) is 5.92 Å². The Kier molecular flexibility index (Phi) is 6.94. The van der Waals surface area contributed by atoms with E-state index in [9.17, 15) is 4.79 Å². The number of nitrogens with one attached hydrogen (secondary N) is 1. The lowest BCUT2D eigenvalue weighted by Gasteiger charge is -2.11. The summed E-state index contributed by atoms with van der Waals surface area (Å²) in [5.74, 6) is 2.80. The maximum Gasteiger partial charge on any atom is 0.255 e. The van der Waals surface area contributed by atoms with E-state index in [1.54, 1.807) is 25.5 Å². The number of carbonyl (C=O) groups excluding carboxylic acids is 1. The summed E-state index contributed by atoms with van der Waals surface area (Å²) in [4.78, 5) is 17.2. The third kappa shape index (κ3) is 5.41. The lowest BCUT2D eigenvalue weighted by Crippen LogP contribution is -2.23. The van der Waals surface area contributed by atoms with Gasteiger partial charge in [0.1, 0.15) is 12.0 Å². The molecule has 0 spiro atoms. The number of hydrogen-bond acceptors (Lipinski definition) is 6. The predicted molar refractivity (Wildman–Crippen MR) is 120 cm³/mol. The monoisotopic (exact) mass is 436 g/mol. The van der Waals surface area contributed by atoms with E-state index in [2.05, 4.69) is 10.3 Å². The summed E-state index contributed by atoms with van der Waals surface area (Å²) in [7, 11) is 1.62. The Morgan fingerprint density at radius 2 is 1.97 bits per heavy atom. The minimum atomic E-state index is -0.221. The Hall–Kier alpha value is -3.48. The molecule has 0 bridgehead atoms. The van der Waals surface area contributed by atoms with Crippen LogP contribution in [0.25, 0.3) is 11.5 Å². The van der Waals surface area contributed by atoms with Gasteiger partial charge in [-0.1, -0.05) is 19.1 Å². The molecule has 168 valence electrons. The second kappa shape index (κ2) is 10.2. The van der Waals surface area contributed by atoms with Crippen LogP contribution in [0.5, 0.6) is 17.2 Å². The molecule has 0 radical (unpaired) electrons. The molecule has 0 aliphatic heterocycles. The molecule has 1 aliphatic rings. The Balaban J connectivity index is 1.41. The minimum absolute atomic E-state index is 0.221. The number of methoxy groups -OCH3 is 1. The van der Waals surface area contributed by atoms with Crippen LogP contribution in [0.1, 0.15) is 42.2 Å². The highest BCUT2D eigenvalue weighted by atomic mass is 16.5. The molecule has 1 N–H and O–H groups in total. The van der Waals surface area contributed by atoms with Crippen molar-refractivity contribution in [2.75, 3.05) is 20.3 Å². The largest absolute Gasteiger partial charge is 0.493 e. The second-order valence-electron chi connectivity index (χ2n) is 7.79. The van der Waals surface area contributed by atoms with Crippen LogP contribution in [0, 0.1) is 5.92 Å². The number of para-hydroxylation sites is 1. The average Bonchev–Trinajstić information content (AvgIpc) is 3.54. The Morgan fingerprint density at radius 3 is 2.75 bits per heavy atom. The first-order chi connectivity index (χ1) is 15.7. The summed E-state index contributed by atoms with van der Waals surface area (Å²) in [5, 5.41) is 2.88. The van der Waals surface area contributed by atoms with E-state index in [4.69, 9.17) is 18.6 Å². The first-order valence-electron chi connectivity index (χ1n) is 10.9. The molecule has 1 fully saturated rings. The van der Waals surface area contributed by atoms with Crippen molar-refractivity contribution in [2.45, 2.75) is 32.7 Å². The van der Waals surface area contributed by atoms with Crippen molar-refractivity contribution < 1.29 is 23.4 Å². The number of rotatable bonds is 11. The van der Waals surface area contributed by atoms with Crippen LogP contribution < -0.4 is 19.5 Å². The summed E-state index contributed by atoms with van der Waals surface area (Å²) in [6.45, 7) is 3.51. The number of nitrogens with zero attached hydrogens (tertiary/aromatic N) is 1. The van der Waals surface area contributed by atoms with Crippen molar-refractivity contribution in [3.8, 4) is 28.7 Å². The van der Waals surface area contributed by atoms with Crippen molar-refractivity contribution in [1.82, 2.24) is 10.3 Å². The Labute approximate surface area is 187 Å². The Morgan fingerprint density at radius 1 is 1.12 bits per heavy atom. The van der Waals surface area contributed by atoms with Crippen LogP contribution >= 0.6 is 0 Å². The molecule has 0 unspecified atom stereocenters. The number of carbonyl (C=O) groups is 1. The molecule has 4 rings (SSSR count). The van der Waals surface area contributed by atoms with Crippen LogP contribution in [0.15, 0.2) is 53.1 Å². The van der Waals surface area contributed by atoms with Gasteiger partial charge in [-0.05, 0) is 55.5 Å². The van der Waals surface area contributed by atoms with Gasteiger partial charge in [0.2, 0.25) is 5.89 Å². The fourth-order valence-electron chi connectivity index (χ4n) is 3.19. The van der Waals surface area contributed by atoms with Gasteiger partial charge in [-0.2, -0.15) is 0 Å². The number of oxazole rings is 1. The summed E-state index contributed by atoms with van der Waals surface area (Å²) in [5.41, 5.74) is 1.90. The first-order valence-corrected chi connectivity index (χ1v) is 10.9. The molecular weight excluding hydrogens is 408 g/mol. The molecule has 1 aliphatic carbocycles. The molecule has 1 amide bonds. The maximum atomic E-state index is 12.6. The zero-order chi connectivity index (χ0) is 22.3. The third-order valence-corrected chi connectivity index (χ3v) is 5.16. The number of aromatic nitrogens is 1. The summed E-state index contributed by atoms with van der Waals surface area (Å²) in [6, 6.07) is 12.8. The number of ether oxygens (including phenoxy) is 3. The Bertz CT molecular complexity index is 1060. The molecule has 32 heavy (non-hydrogen) atoms. The second-order valence-corrected chi connectivity index (χ2v) is 7.79. The topological polar surface area (TPSA) is 82.8 Å². The number of benzene rings is 2. The van der Waals surface area contributed by atoms with Crippen LogP contribution in [0.4, 0.5) is 0 Å². The summed E-state index contributed by atoms with van der Waals surface area (Å²) in [6.07, 6.45) is 4.85. The molecule has 7 heteroatoms. The van der Waals surface area contributed by atoms with Crippen LogP contribution in [0.3, 0.4) is 0 Å². The third-order valence-electron chi connectivity index (χ3n) is 5.16. The van der Waals surface area contributed by atoms with Gasteiger partial charge in [0.05, 0.1) is 38.1 Å². The normalized spacial score (nSPS) is 12.9. The van der Waals surface area contributed by atoms with Gasteiger partial charge < -0.3 is 23.9 Å². The quantitative estimate of drug-likeness (QED) is 0.462. The molecule has 1 saturated carbocycles. The van der Waals surface area contributed by atoms with Crippen molar-refractivity contribution in [3.05, 3.63) is 60.0 Å². The van der Waals surface area contributed by atoms with E-state index in [1.165, 1.54) is 12.8 Å². The zero-order valence-corrected chi connectivity index (χ0v) is 18.4. The fourth-order valence-corrected chi connectivity index (χ4v) is 3.19. The lowest BCUT2D eigenvalue weighted by molar-refractivity contribution is 0.0946. The molecule has 7 nitrogen and oxygen atoms in total. The van der Waals surface area contributed by atoms with E-state index in [0.29, 0.717) is 53.5 Å². The zero-order valence-electron chi connectivity index (χ0n) is 18.4.